The predicted octanol–water partition coefficient (Wildman–Crippen LogP) is 0.974. The lowest BCUT2D eigenvalue weighted by Crippen LogP contribution is -2.50. The van der Waals surface area contributed by atoms with Crippen LogP contribution < -0.4 is 11.1 Å². The highest BCUT2D eigenvalue weighted by molar-refractivity contribution is 14.1. The van der Waals surface area contributed by atoms with Gasteiger partial charge in [0.25, 0.3) is 0 Å². The molecule has 0 aliphatic rings. The highest BCUT2D eigenvalue weighted by Gasteiger charge is 2.23. The Labute approximate surface area is 149 Å². The van der Waals surface area contributed by atoms with Crippen molar-refractivity contribution >= 4 is 34.5 Å². The molecule has 7 heteroatoms. The Kier molecular flexibility index (Phi) is 9.28. The van der Waals surface area contributed by atoms with Gasteiger partial charge in [0.1, 0.15) is 0 Å². The van der Waals surface area contributed by atoms with Crippen LogP contribution in [0.4, 0.5) is 0 Å². The summed E-state index contributed by atoms with van der Waals surface area (Å²) in [7, 11) is 0. The SMILES string of the molecule is C[C@H](N)C(=O)N[C@@H](COCc1ccccc1)C(=O)OCC#CI. The van der Waals surface area contributed by atoms with E-state index in [1.807, 2.05) is 52.9 Å². The Morgan fingerprint density at radius 3 is 2.65 bits per heavy atom. The van der Waals surface area contributed by atoms with E-state index in [1.54, 1.807) is 0 Å². The monoisotopic (exact) mass is 430 g/mol. The molecule has 2 atom stereocenters. The van der Waals surface area contributed by atoms with Gasteiger partial charge >= 0.3 is 5.97 Å². The molecule has 1 amide bonds. The van der Waals surface area contributed by atoms with Gasteiger partial charge in [0.2, 0.25) is 5.91 Å². The van der Waals surface area contributed by atoms with Crippen molar-refractivity contribution < 1.29 is 19.1 Å². The van der Waals surface area contributed by atoms with Gasteiger partial charge in [0.05, 0.1) is 19.3 Å². The molecule has 0 heterocycles. The minimum atomic E-state index is -0.923. The van der Waals surface area contributed by atoms with E-state index < -0.39 is 24.0 Å². The summed E-state index contributed by atoms with van der Waals surface area (Å²) in [6.07, 6.45) is 0. The number of nitrogens with two attached hydrogens (primary N) is 1. The molecule has 0 aliphatic carbocycles. The van der Waals surface area contributed by atoms with Gasteiger partial charge in [-0.1, -0.05) is 36.3 Å². The van der Waals surface area contributed by atoms with Crippen LogP contribution in [-0.4, -0.2) is 37.2 Å². The van der Waals surface area contributed by atoms with Crippen LogP contribution >= 0.6 is 22.6 Å². The molecule has 3 N–H and O–H groups in total. The van der Waals surface area contributed by atoms with Crippen LogP contribution in [0.2, 0.25) is 0 Å². The first-order valence-electron chi connectivity index (χ1n) is 6.97. The Morgan fingerprint density at radius 1 is 1.35 bits per heavy atom. The van der Waals surface area contributed by atoms with E-state index in [0.717, 1.165) is 5.56 Å². The fourth-order valence-corrected chi connectivity index (χ4v) is 1.73. The predicted molar refractivity (Wildman–Crippen MR) is 94.4 cm³/mol. The van der Waals surface area contributed by atoms with Crippen molar-refractivity contribution in [1.82, 2.24) is 5.32 Å². The molecule has 0 unspecified atom stereocenters. The zero-order valence-corrected chi connectivity index (χ0v) is 14.9. The molecule has 124 valence electrons. The number of ether oxygens (including phenoxy) is 2. The van der Waals surface area contributed by atoms with Crippen LogP contribution in [0.25, 0.3) is 0 Å². The van der Waals surface area contributed by atoms with Crippen molar-refractivity contribution in [2.24, 2.45) is 5.73 Å². The molecule has 0 aliphatic heterocycles. The molecular weight excluding hydrogens is 411 g/mol. The summed E-state index contributed by atoms with van der Waals surface area (Å²) in [4.78, 5) is 23.7. The lowest BCUT2D eigenvalue weighted by Gasteiger charge is -2.18. The largest absolute Gasteiger partial charge is 0.451 e. The maximum absolute atomic E-state index is 12.0. The van der Waals surface area contributed by atoms with Crippen LogP contribution in [0.15, 0.2) is 30.3 Å². The number of carbonyl (C=O) groups is 2. The minimum Gasteiger partial charge on any atom is -0.451 e. The summed E-state index contributed by atoms with van der Waals surface area (Å²) in [5, 5.41) is 2.52. The molecule has 1 rings (SSSR count). The lowest BCUT2D eigenvalue weighted by molar-refractivity contribution is -0.148. The van der Waals surface area contributed by atoms with Crippen molar-refractivity contribution in [3.63, 3.8) is 0 Å². The second kappa shape index (κ2) is 11.0. The van der Waals surface area contributed by atoms with Crippen molar-refractivity contribution in [1.29, 1.82) is 0 Å². The first-order chi connectivity index (χ1) is 11.0. The van der Waals surface area contributed by atoms with Gasteiger partial charge in [-0.25, -0.2) is 4.79 Å². The topological polar surface area (TPSA) is 90.7 Å². The first kappa shape index (κ1) is 19.4. The molecule has 0 aromatic heterocycles. The summed E-state index contributed by atoms with van der Waals surface area (Å²) in [6, 6.07) is 7.85. The first-order valence-corrected chi connectivity index (χ1v) is 8.05. The molecule has 1 aromatic carbocycles. The number of esters is 1. The van der Waals surface area contributed by atoms with Crippen molar-refractivity contribution in [3.8, 4) is 9.85 Å². The number of benzene rings is 1. The zero-order chi connectivity index (χ0) is 17.1. The molecule has 1 aromatic rings. The smallest absolute Gasteiger partial charge is 0.332 e. The average Bonchev–Trinajstić information content (AvgIpc) is 2.54. The maximum atomic E-state index is 12.0. The Hall–Kier alpha value is -1.63. The molecule has 0 saturated heterocycles. The fourth-order valence-electron chi connectivity index (χ4n) is 1.58. The Bertz CT molecular complexity index is 566. The number of hydrogen-bond donors (Lipinski definition) is 2. The normalized spacial score (nSPS) is 12.5. The molecule has 0 saturated carbocycles. The van der Waals surface area contributed by atoms with E-state index >= 15 is 0 Å². The molecule has 6 nitrogen and oxygen atoms in total. The van der Waals surface area contributed by atoms with Crippen LogP contribution in [0.1, 0.15) is 12.5 Å². The molecular formula is C16H19IN2O4. The lowest BCUT2D eigenvalue weighted by atomic mass is 10.2. The summed E-state index contributed by atoms with van der Waals surface area (Å²) >= 11 is 1.85. The van der Waals surface area contributed by atoms with E-state index in [1.165, 1.54) is 6.92 Å². The third-order valence-electron chi connectivity index (χ3n) is 2.76. The van der Waals surface area contributed by atoms with Crippen molar-refractivity contribution in [3.05, 3.63) is 35.9 Å². The number of amides is 1. The van der Waals surface area contributed by atoms with E-state index in [0.29, 0.717) is 6.61 Å². The highest BCUT2D eigenvalue weighted by Crippen LogP contribution is 2.02. The fraction of sp³-hybridized carbons (Fsp3) is 0.375. The van der Waals surface area contributed by atoms with Crippen molar-refractivity contribution in [2.45, 2.75) is 25.6 Å². The summed E-state index contributed by atoms with van der Waals surface area (Å²) in [6.45, 7) is 1.81. The van der Waals surface area contributed by atoms with Gasteiger partial charge in [0, 0.05) is 22.6 Å². The number of carbonyl (C=O) groups excluding carboxylic acids is 2. The quantitative estimate of drug-likeness (QED) is 0.365. The standard InChI is InChI=1S/C16H19IN2O4/c1-12(18)15(20)19-14(16(21)23-9-5-8-17)11-22-10-13-6-3-2-4-7-13/h2-4,6-7,12,14H,9-11,18H2,1H3,(H,19,20)/t12-,14-/m0/s1. The third kappa shape index (κ3) is 7.97. The maximum Gasteiger partial charge on any atom is 0.332 e. The number of halogens is 1. The van der Waals surface area contributed by atoms with E-state index in [2.05, 4.69) is 15.2 Å². The summed E-state index contributed by atoms with van der Waals surface area (Å²) in [5.74, 6) is 1.55. The second-order valence-corrected chi connectivity index (χ2v) is 5.27. The second-order valence-electron chi connectivity index (χ2n) is 4.73. The molecule has 0 radical (unpaired) electrons. The minimum absolute atomic E-state index is 0.0101. The third-order valence-corrected chi connectivity index (χ3v) is 3.15. The number of hydrogen-bond acceptors (Lipinski definition) is 5. The molecule has 23 heavy (non-hydrogen) atoms. The summed E-state index contributed by atoms with van der Waals surface area (Å²) in [5.41, 5.74) is 6.46. The Morgan fingerprint density at radius 2 is 2.04 bits per heavy atom. The zero-order valence-electron chi connectivity index (χ0n) is 12.8. The van der Waals surface area contributed by atoms with Gasteiger partial charge in [-0.2, -0.15) is 0 Å². The van der Waals surface area contributed by atoms with E-state index in [-0.39, 0.29) is 13.2 Å². The molecule has 0 fully saturated rings. The van der Waals surface area contributed by atoms with Crippen molar-refractivity contribution in [2.75, 3.05) is 13.2 Å². The average molecular weight is 430 g/mol. The molecule has 0 bridgehead atoms. The van der Waals surface area contributed by atoms with Gasteiger partial charge in [-0.15, -0.1) is 0 Å². The van der Waals surface area contributed by atoms with Crippen LogP contribution in [-0.2, 0) is 25.7 Å². The van der Waals surface area contributed by atoms with Gasteiger partial charge < -0.3 is 20.5 Å². The number of nitrogens with one attached hydrogen (secondary N) is 1. The van der Waals surface area contributed by atoms with E-state index in [9.17, 15) is 9.59 Å². The highest BCUT2D eigenvalue weighted by atomic mass is 127. The van der Waals surface area contributed by atoms with Crippen LogP contribution in [0, 0.1) is 9.85 Å². The van der Waals surface area contributed by atoms with Gasteiger partial charge in [-0.3, -0.25) is 4.79 Å². The summed E-state index contributed by atoms with van der Waals surface area (Å²) < 4.78 is 13.1. The number of rotatable bonds is 8. The van der Waals surface area contributed by atoms with Gasteiger partial charge in [-0.05, 0) is 16.4 Å². The van der Waals surface area contributed by atoms with E-state index in [4.69, 9.17) is 15.2 Å². The Balaban J connectivity index is 2.56. The molecule has 0 spiro atoms. The van der Waals surface area contributed by atoms with Crippen LogP contribution in [0.5, 0.6) is 0 Å². The van der Waals surface area contributed by atoms with Crippen LogP contribution in [0.3, 0.4) is 0 Å². The van der Waals surface area contributed by atoms with Gasteiger partial charge in [0.15, 0.2) is 12.6 Å².